The van der Waals surface area contributed by atoms with Crippen molar-refractivity contribution in [2.24, 2.45) is 0 Å². The van der Waals surface area contributed by atoms with Gasteiger partial charge < -0.3 is 5.32 Å². The molecule has 1 saturated carbocycles. The predicted molar refractivity (Wildman–Crippen MR) is 81.5 cm³/mol. The fraction of sp³-hybridized carbons (Fsp3) is 1.00. The summed E-state index contributed by atoms with van der Waals surface area (Å²) in [6.45, 7) is 0.924. The molecule has 0 aromatic rings. The van der Waals surface area contributed by atoms with E-state index in [2.05, 4.69) is 5.32 Å². The number of rotatable bonds is 4. The van der Waals surface area contributed by atoms with Crippen LogP contribution < -0.4 is 5.32 Å². The van der Waals surface area contributed by atoms with Crippen LogP contribution >= 0.6 is 0 Å². The summed E-state index contributed by atoms with van der Waals surface area (Å²) in [5.41, 5.74) is 0. The Labute approximate surface area is 116 Å². The summed E-state index contributed by atoms with van der Waals surface area (Å²) in [7, 11) is -0.651. The average molecular weight is 273 g/mol. The van der Waals surface area contributed by atoms with E-state index in [0.29, 0.717) is 6.04 Å². The molecule has 0 heterocycles. The minimum atomic E-state index is -0.651. The van der Waals surface area contributed by atoms with E-state index < -0.39 is 10.8 Å². The molecule has 2 nitrogen and oxygen atoms in total. The number of hydrogen-bond acceptors (Lipinski definition) is 2. The van der Waals surface area contributed by atoms with Gasteiger partial charge in [0.15, 0.2) is 0 Å². The highest BCUT2D eigenvalue weighted by Crippen LogP contribution is 2.16. The third-order valence-electron chi connectivity index (χ3n) is 3.93. The van der Waals surface area contributed by atoms with E-state index in [1.54, 1.807) is 6.26 Å². The first kappa shape index (κ1) is 16.2. The van der Waals surface area contributed by atoms with Gasteiger partial charge in [0.1, 0.15) is 0 Å². The summed E-state index contributed by atoms with van der Waals surface area (Å²) >= 11 is 0. The van der Waals surface area contributed by atoms with Crippen molar-refractivity contribution in [2.45, 2.75) is 76.7 Å². The van der Waals surface area contributed by atoms with Crippen molar-refractivity contribution < 1.29 is 4.21 Å². The molecule has 0 spiro atoms. The van der Waals surface area contributed by atoms with E-state index in [1.807, 2.05) is 0 Å². The topological polar surface area (TPSA) is 29.1 Å². The van der Waals surface area contributed by atoms with Crippen molar-refractivity contribution in [3.8, 4) is 0 Å². The lowest BCUT2D eigenvalue weighted by Crippen LogP contribution is -2.32. The molecular weight excluding hydrogens is 242 g/mol. The predicted octanol–water partition coefficient (Wildman–Crippen LogP) is 3.63. The fourth-order valence-electron chi connectivity index (χ4n) is 2.77. The summed E-state index contributed by atoms with van der Waals surface area (Å²) in [5, 5.41) is 3.61. The van der Waals surface area contributed by atoms with Crippen LogP contribution in [-0.4, -0.2) is 28.8 Å². The van der Waals surface area contributed by atoms with Crippen LogP contribution in [0.3, 0.4) is 0 Å². The van der Waals surface area contributed by atoms with Crippen LogP contribution in [0.15, 0.2) is 0 Å². The molecule has 0 aromatic heterocycles. The van der Waals surface area contributed by atoms with Gasteiger partial charge >= 0.3 is 0 Å². The van der Waals surface area contributed by atoms with Crippen molar-refractivity contribution in [3.63, 3.8) is 0 Å². The van der Waals surface area contributed by atoms with Crippen molar-refractivity contribution in [1.29, 1.82) is 0 Å². The molecule has 0 bridgehead atoms. The van der Waals surface area contributed by atoms with Gasteiger partial charge in [-0.3, -0.25) is 4.21 Å². The highest BCUT2D eigenvalue weighted by Gasteiger charge is 2.08. The van der Waals surface area contributed by atoms with Crippen LogP contribution in [0.2, 0.25) is 0 Å². The minimum Gasteiger partial charge on any atom is -0.313 e. The van der Waals surface area contributed by atoms with Crippen LogP contribution in [0.25, 0.3) is 0 Å². The molecule has 18 heavy (non-hydrogen) atoms. The zero-order valence-corrected chi connectivity index (χ0v) is 12.9. The zero-order chi connectivity index (χ0) is 13.1. The monoisotopic (exact) mass is 273 g/mol. The maximum absolute atomic E-state index is 11.1. The molecular formula is C15H31NOS. The van der Waals surface area contributed by atoms with Gasteiger partial charge in [-0.1, -0.05) is 57.8 Å². The Morgan fingerprint density at radius 1 is 0.889 bits per heavy atom. The summed E-state index contributed by atoms with van der Waals surface area (Å²) in [4.78, 5) is 0. The first-order valence-corrected chi connectivity index (χ1v) is 9.55. The quantitative estimate of drug-likeness (QED) is 0.847. The minimum absolute atomic E-state index is 0.651. The molecule has 1 N–H and O–H groups in total. The summed E-state index contributed by atoms with van der Waals surface area (Å²) < 4.78 is 11.1. The third kappa shape index (κ3) is 9.09. The Hall–Kier alpha value is 0.110. The van der Waals surface area contributed by atoms with Gasteiger partial charge in [-0.05, 0) is 12.8 Å². The van der Waals surface area contributed by atoms with Gasteiger partial charge in [0.25, 0.3) is 0 Å². The maximum atomic E-state index is 11.1. The van der Waals surface area contributed by atoms with Crippen LogP contribution in [0.5, 0.6) is 0 Å². The largest absolute Gasteiger partial charge is 0.313 e. The van der Waals surface area contributed by atoms with E-state index in [-0.39, 0.29) is 0 Å². The molecule has 108 valence electrons. The van der Waals surface area contributed by atoms with Gasteiger partial charge in [0.2, 0.25) is 0 Å². The molecule has 1 rings (SSSR count). The van der Waals surface area contributed by atoms with E-state index in [0.717, 1.165) is 12.3 Å². The Morgan fingerprint density at radius 2 is 1.33 bits per heavy atom. The Balaban J connectivity index is 2.20. The second-order valence-electron chi connectivity index (χ2n) is 5.69. The smallest absolute Gasteiger partial charge is 0.0357 e. The molecule has 1 fully saturated rings. The van der Waals surface area contributed by atoms with Crippen molar-refractivity contribution >= 4 is 10.8 Å². The highest BCUT2D eigenvalue weighted by molar-refractivity contribution is 7.84. The number of hydrogen-bond donors (Lipinski definition) is 1. The zero-order valence-electron chi connectivity index (χ0n) is 12.1. The molecule has 1 atom stereocenters. The van der Waals surface area contributed by atoms with Crippen LogP contribution in [-0.2, 0) is 10.8 Å². The summed E-state index contributed by atoms with van der Waals surface area (Å²) in [6, 6.07) is 0.674. The normalized spacial score (nSPS) is 22.9. The van der Waals surface area contributed by atoms with Crippen LogP contribution in [0.1, 0.15) is 70.6 Å². The lowest BCUT2D eigenvalue weighted by atomic mass is 9.98. The molecule has 1 aliphatic rings. The molecule has 0 amide bonds. The lowest BCUT2D eigenvalue weighted by Gasteiger charge is -2.19. The van der Waals surface area contributed by atoms with Gasteiger partial charge in [-0.2, -0.15) is 0 Å². The standard InChI is InChI=1S/C15H31NOS/c1-18(17)14-13-16-15-11-9-7-5-3-2-4-6-8-10-12-15/h15-16H,2-14H2,1H3. The van der Waals surface area contributed by atoms with E-state index in [4.69, 9.17) is 0 Å². The van der Waals surface area contributed by atoms with Gasteiger partial charge in [-0.15, -0.1) is 0 Å². The van der Waals surface area contributed by atoms with Crippen molar-refractivity contribution in [2.75, 3.05) is 18.6 Å². The molecule has 3 heteroatoms. The Kier molecular flexibility index (Phi) is 9.86. The SMILES string of the molecule is CS(=O)CCNC1CCCCCCCCCCC1. The van der Waals surface area contributed by atoms with Gasteiger partial charge in [0.05, 0.1) is 0 Å². The molecule has 1 unspecified atom stereocenters. The van der Waals surface area contributed by atoms with Gasteiger partial charge in [-0.25, -0.2) is 0 Å². The second-order valence-corrected chi connectivity index (χ2v) is 7.24. The molecule has 0 aromatic carbocycles. The molecule has 0 saturated heterocycles. The Bertz CT molecular complexity index is 209. The second kappa shape index (κ2) is 11.0. The Morgan fingerprint density at radius 3 is 1.78 bits per heavy atom. The average Bonchev–Trinajstić information content (AvgIpc) is 2.31. The van der Waals surface area contributed by atoms with Crippen molar-refractivity contribution in [1.82, 2.24) is 5.32 Å². The van der Waals surface area contributed by atoms with Gasteiger partial charge in [0, 0.05) is 35.4 Å². The summed E-state index contributed by atoms with van der Waals surface area (Å²) in [5.74, 6) is 0.802. The lowest BCUT2D eigenvalue weighted by molar-refractivity contribution is 0.411. The maximum Gasteiger partial charge on any atom is 0.0357 e. The summed E-state index contributed by atoms with van der Waals surface area (Å²) in [6.07, 6.45) is 17.1. The van der Waals surface area contributed by atoms with E-state index in [9.17, 15) is 4.21 Å². The molecule has 0 aliphatic heterocycles. The molecule has 0 radical (unpaired) electrons. The molecule has 1 aliphatic carbocycles. The van der Waals surface area contributed by atoms with E-state index >= 15 is 0 Å². The highest BCUT2D eigenvalue weighted by atomic mass is 32.2. The van der Waals surface area contributed by atoms with Crippen LogP contribution in [0.4, 0.5) is 0 Å². The number of nitrogens with one attached hydrogen (secondary N) is 1. The first-order chi connectivity index (χ1) is 8.79. The van der Waals surface area contributed by atoms with Crippen molar-refractivity contribution in [3.05, 3.63) is 0 Å². The van der Waals surface area contributed by atoms with Crippen LogP contribution in [0, 0.1) is 0 Å². The first-order valence-electron chi connectivity index (χ1n) is 7.82. The third-order valence-corrected chi connectivity index (χ3v) is 4.71. The van der Waals surface area contributed by atoms with E-state index in [1.165, 1.54) is 70.6 Å². The fourth-order valence-corrected chi connectivity index (χ4v) is 3.18.